The minimum atomic E-state index is -0.182. The van der Waals surface area contributed by atoms with Crippen LogP contribution in [0.1, 0.15) is 18.5 Å². The number of anilines is 3. The van der Waals surface area contributed by atoms with E-state index < -0.39 is 0 Å². The van der Waals surface area contributed by atoms with Crippen molar-refractivity contribution in [2.75, 3.05) is 54.5 Å². The van der Waals surface area contributed by atoms with Crippen LogP contribution in [0.5, 0.6) is 0 Å². The molecule has 0 amide bonds. The number of halogens is 1. The number of hydrogen-bond acceptors (Lipinski definition) is 5. The number of pyridine rings is 1. The first kappa shape index (κ1) is 18.0. The van der Waals surface area contributed by atoms with Crippen molar-refractivity contribution in [1.29, 1.82) is 0 Å². The maximum Gasteiger partial charge on any atom is 0.128 e. The predicted molar refractivity (Wildman–Crippen MR) is 107 cm³/mol. The second-order valence-electron chi connectivity index (χ2n) is 7.36. The Morgan fingerprint density at radius 1 is 1.07 bits per heavy atom. The molecule has 0 aliphatic carbocycles. The molecule has 2 aromatic rings. The fourth-order valence-corrected chi connectivity index (χ4v) is 3.94. The molecule has 144 valence electrons. The van der Waals surface area contributed by atoms with E-state index in [1.165, 1.54) is 11.8 Å². The Morgan fingerprint density at radius 3 is 2.74 bits per heavy atom. The van der Waals surface area contributed by atoms with Crippen molar-refractivity contribution in [2.45, 2.75) is 25.8 Å². The molecule has 2 aliphatic heterocycles. The Morgan fingerprint density at radius 2 is 1.93 bits per heavy atom. The van der Waals surface area contributed by atoms with Gasteiger partial charge in [-0.15, -0.1) is 0 Å². The largest absolute Gasteiger partial charge is 0.378 e. The summed E-state index contributed by atoms with van der Waals surface area (Å²) in [5.74, 6) is 0.737. The third-order valence-corrected chi connectivity index (χ3v) is 5.26. The number of nitrogens with zero attached hydrogens (tertiary/aromatic N) is 3. The van der Waals surface area contributed by atoms with Crippen LogP contribution in [-0.4, -0.2) is 50.4 Å². The molecule has 1 N–H and O–H groups in total. The van der Waals surface area contributed by atoms with Gasteiger partial charge < -0.3 is 19.9 Å². The van der Waals surface area contributed by atoms with Gasteiger partial charge in [0, 0.05) is 55.4 Å². The van der Waals surface area contributed by atoms with Crippen LogP contribution in [0.15, 0.2) is 36.4 Å². The number of ether oxygens (including phenoxy) is 1. The first-order valence-corrected chi connectivity index (χ1v) is 9.76. The van der Waals surface area contributed by atoms with Gasteiger partial charge in [-0.3, -0.25) is 0 Å². The molecule has 1 atom stereocenters. The van der Waals surface area contributed by atoms with E-state index in [2.05, 4.69) is 32.2 Å². The Balaban J connectivity index is 1.46. The van der Waals surface area contributed by atoms with Crippen molar-refractivity contribution in [1.82, 2.24) is 4.98 Å². The van der Waals surface area contributed by atoms with E-state index in [0.717, 1.165) is 69.4 Å². The van der Waals surface area contributed by atoms with Crippen LogP contribution < -0.4 is 15.1 Å². The Kier molecular flexibility index (Phi) is 5.43. The summed E-state index contributed by atoms with van der Waals surface area (Å²) in [5.41, 5.74) is 3.16. The third kappa shape index (κ3) is 4.50. The van der Waals surface area contributed by atoms with Gasteiger partial charge in [-0.05, 0) is 44.0 Å². The van der Waals surface area contributed by atoms with Crippen LogP contribution >= 0.6 is 0 Å². The molecule has 5 nitrogen and oxygen atoms in total. The van der Waals surface area contributed by atoms with Gasteiger partial charge in [-0.25, -0.2) is 9.37 Å². The fraction of sp³-hybridized carbons (Fsp3) is 0.476. The summed E-state index contributed by atoms with van der Waals surface area (Å²) in [5, 5.41) is 3.61. The van der Waals surface area contributed by atoms with Crippen molar-refractivity contribution in [3.05, 3.63) is 47.9 Å². The molecule has 6 heteroatoms. The second kappa shape index (κ2) is 8.13. The van der Waals surface area contributed by atoms with Gasteiger partial charge in [0.25, 0.3) is 0 Å². The SMILES string of the molecule is Cc1cc(N2CCOCC2)cc(NC2CCCN(c3cccc(F)c3)C2)n1. The Labute approximate surface area is 160 Å². The van der Waals surface area contributed by atoms with Crippen molar-refractivity contribution in [2.24, 2.45) is 0 Å². The normalized spacial score (nSPS) is 20.6. The lowest BCUT2D eigenvalue weighted by Crippen LogP contribution is -2.42. The summed E-state index contributed by atoms with van der Waals surface area (Å²) in [7, 11) is 0. The van der Waals surface area contributed by atoms with Crippen LogP contribution in [-0.2, 0) is 4.74 Å². The predicted octanol–water partition coefficient (Wildman–Crippen LogP) is 3.45. The van der Waals surface area contributed by atoms with Gasteiger partial charge in [-0.1, -0.05) is 6.07 Å². The molecule has 2 saturated heterocycles. The Bertz CT molecular complexity index is 779. The van der Waals surface area contributed by atoms with E-state index >= 15 is 0 Å². The zero-order valence-corrected chi connectivity index (χ0v) is 15.8. The van der Waals surface area contributed by atoms with Crippen molar-refractivity contribution >= 4 is 17.2 Å². The number of morpholine rings is 1. The van der Waals surface area contributed by atoms with Crippen LogP contribution in [0.4, 0.5) is 21.6 Å². The summed E-state index contributed by atoms with van der Waals surface area (Å²) >= 11 is 0. The van der Waals surface area contributed by atoms with E-state index in [0.29, 0.717) is 6.04 Å². The first-order chi connectivity index (χ1) is 13.2. The highest BCUT2D eigenvalue weighted by molar-refractivity contribution is 5.56. The standard InChI is InChI=1S/C21H27FN4O/c1-16-12-20(25-8-10-27-11-9-25)14-21(23-16)24-18-5-3-7-26(15-18)19-6-2-4-17(22)13-19/h2,4,6,12-14,18H,3,5,7-11,15H2,1H3,(H,23,24). The van der Waals surface area contributed by atoms with Crippen molar-refractivity contribution in [3.63, 3.8) is 0 Å². The highest BCUT2D eigenvalue weighted by atomic mass is 19.1. The minimum Gasteiger partial charge on any atom is -0.378 e. The minimum absolute atomic E-state index is 0.182. The third-order valence-electron chi connectivity index (χ3n) is 5.26. The van der Waals surface area contributed by atoms with Crippen LogP contribution in [0.3, 0.4) is 0 Å². The van der Waals surface area contributed by atoms with E-state index in [1.807, 2.05) is 13.0 Å². The Hall–Kier alpha value is -2.34. The summed E-state index contributed by atoms with van der Waals surface area (Å²) in [4.78, 5) is 9.29. The van der Waals surface area contributed by atoms with Crippen molar-refractivity contribution in [3.8, 4) is 0 Å². The van der Waals surface area contributed by atoms with Crippen LogP contribution in [0.25, 0.3) is 0 Å². The molecule has 27 heavy (non-hydrogen) atoms. The highest BCUT2D eigenvalue weighted by Gasteiger charge is 2.21. The number of aromatic nitrogens is 1. The molecule has 3 heterocycles. The highest BCUT2D eigenvalue weighted by Crippen LogP contribution is 2.25. The topological polar surface area (TPSA) is 40.6 Å². The van der Waals surface area contributed by atoms with Gasteiger partial charge in [0.15, 0.2) is 0 Å². The van der Waals surface area contributed by atoms with Crippen molar-refractivity contribution < 1.29 is 9.13 Å². The number of aryl methyl sites for hydroxylation is 1. The zero-order chi connectivity index (χ0) is 18.6. The molecular weight excluding hydrogens is 343 g/mol. The molecule has 1 aromatic heterocycles. The van der Waals surface area contributed by atoms with Gasteiger partial charge >= 0.3 is 0 Å². The molecule has 0 saturated carbocycles. The van der Waals surface area contributed by atoms with Gasteiger partial charge in [0.1, 0.15) is 11.6 Å². The monoisotopic (exact) mass is 370 g/mol. The molecule has 0 radical (unpaired) electrons. The number of piperidine rings is 1. The number of nitrogens with one attached hydrogen (secondary N) is 1. The summed E-state index contributed by atoms with van der Waals surface area (Å²) < 4.78 is 19.0. The lowest BCUT2D eigenvalue weighted by Gasteiger charge is -2.35. The van der Waals surface area contributed by atoms with E-state index in [4.69, 9.17) is 4.74 Å². The molecule has 4 rings (SSSR count). The molecule has 2 aliphatic rings. The summed E-state index contributed by atoms with van der Waals surface area (Å²) in [6, 6.07) is 11.4. The molecule has 0 bridgehead atoms. The fourth-order valence-electron chi connectivity index (χ4n) is 3.94. The second-order valence-corrected chi connectivity index (χ2v) is 7.36. The molecular formula is C21H27FN4O. The summed E-state index contributed by atoms with van der Waals surface area (Å²) in [6.07, 6.45) is 2.17. The number of rotatable bonds is 4. The zero-order valence-electron chi connectivity index (χ0n) is 15.8. The molecule has 1 unspecified atom stereocenters. The molecule has 2 fully saturated rings. The van der Waals surface area contributed by atoms with Crippen LogP contribution in [0.2, 0.25) is 0 Å². The van der Waals surface area contributed by atoms with E-state index in [1.54, 1.807) is 12.1 Å². The van der Waals surface area contributed by atoms with Gasteiger partial charge in [-0.2, -0.15) is 0 Å². The van der Waals surface area contributed by atoms with Crippen LogP contribution in [0, 0.1) is 12.7 Å². The van der Waals surface area contributed by atoms with Gasteiger partial charge in [0.05, 0.1) is 13.2 Å². The summed E-state index contributed by atoms with van der Waals surface area (Å²) in [6.45, 7) is 7.23. The maximum absolute atomic E-state index is 13.6. The smallest absolute Gasteiger partial charge is 0.128 e. The first-order valence-electron chi connectivity index (χ1n) is 9.76. The average molecular weight is 370 g/mol. The lowest BCUT2D eigenvalue weighted by molar-refractivity contribution is 0.122. The number of benzene rings is 1. The van der Waals surface area contributed by atoms with Gasteiger partial charge in [0.2, 0.25) is 0 Å². The molecule has 1 aromatic carbocycles. The number of hydrogen-bond donors (Lipinski definition) is 1. The maximum atomic E-state index is 13.6. The molecule has 0 spiro atoms. The lowest BCUT2D eigenvalue weighted by atomic mass is 10.0. The quantitative estimate of drug-likeness (QED) is 0.893. The average Bonchev–Trinajstić information content (AvgIpc) is 2.68. The van der Waals surface area contributed by atoms with E-state index in [-0.39, 0.29) is 5.82 Å². The van der Waals surface area contributed by atoms with E-state index in [9.17, 15) is 4.39 Å².